The van der Waals surface area contributed by atoms with E-state index in [0.29, 0.717) is 48.5 Å². The molecule has 0 saturated carbocycles. The molecule has 0 spiro atoms. The Morgan fingerprint density at radius 1 is 1.16 bits per heavy atom. The van der Waals surface area contributed by atoms with Gasteiger partial charge < -0.3 is 14.0 Å². The largest absolute Gasteiger partial charge is 0.381 e. The van der Waals surface area contributed by atoms with Gasteiger partial charge in [-0.25, -0.2) is 8.42 Å². The fourth-order valence-electron chi connectivity index (χ4n) is 4.24. The van der Waals surface area contributed by atoms with E-state index in [0.717, 1.165) is 51.1 Å². The summed E-state index contributed by atoms with van der Waals surface area (Å²) in [7, 11) is -3.64. The van der Waals surface area contributed by atoms with Gasteiger partial charge in [0.05, 0.1) is 11.5 Å². The molecule has 4 rings (SSSR count). The summed E-state index contributed by atoms with van der Waals surface area (Å²) < 4.78 is 44.9. The predicted octanol–water partition coefficient (Wildman–Crippen LogP) is 3.28. The first-order chi connectivity index (χ1) is 15.1. The van der Waals surface area contributed by atoms with Crippen molar-refractivity contribution in [3.8, 4) is 0 Å². The highest BCUT2D eigenvalue weighted by Crippen LogP contribution is 2.35. The van der Waals surface area contributed by atoms with Crippen molar-refractivity contribution >= 4 is 10.0 Å². The first-order valence-corrected chi connectivity index (χ1v) is 12.5. The third-order valence-electron chi connectivity index (χ3n) is 6.07. The fourth-order valence-corrected chi connectivity index (χ4v) is 6.12. The summed E-state index contributed by atoms with van der Waals surface area (Å²) in [6.07, 6.45) is 5.05. The molecule has 1 unspecified atom stereocenters. The normalized spacial score (nSPS) is 21.4. The molecule has 2 fully saturated rings. The van der Waals surface area contributed by atoms with Gasteiger partial charge in [0, 0.05) is 32.8 Å². The van der Waals surface area contributed by atoms with Crippen LogP contribution in [0.4, 0.5) is 0 Å². The maximum absolute atomic E-state index is 13.4. The van der Waals surface area contributed by atoms with Crippen molar-refractivity contribution < 1.29 is 22.4 Å². The number of aromatic nitrogens is 2. The summed E-state index contributed by atoms with van der Waals surface area (Å²) in [6.45, 7) is 5.13. The summed E-state index contributed by atoms with van der Waals surface area (Å²) in [5.74, 6) is 1.48. The van der Waals surface area contributed by atoms with E-state index in [9.17, 15) is 8.42 Å². The maximum atomic E-state index is 13.4. The molecule has 2 aliphatic heterocycles. The van der Waals surface area contributed by atoms with Crippen LogP contribution in [0.2, 0.25) is 0 Å². The van der Waals surface area contributed by atoms with Crippen molar-refractivity contribution in [2.24, 2.45) is 5.92 Å². The number of rotatable bonds is 8. The molecule has 2 saturated heterocycles. The van der Waals surface area contributed by atoms with Gasteiger partial charge in [0.15, 0.2) is 5.82 Å². The lowest BCUT2D eigenvalue weighted by molar-refractivity contribution is 0.0211. The standard InChI is InChI=1S/C22H31N3O5S/c1-17-6-2-3-8-20(17)31(26,27)25-12-5-4-7-19(25)22-23-21(24-30-22)11-15-29-16-18-9-13-28-14-10-18/h2-3,6,8,18-19H,4-5,7,9-16H2,1H3. The van der Waals surface area contributed by atoms with Gasteiger partial charge in [-0.05, 0) is 50.2 Å². The molecule has 0 aliphatic carbocycles. The lowest BCUT2D eigenvalue weighted by Gasteiger charge is -2.32. The minimum atomic E-state index is -3.64. The van der Waals surface area contributed by atoms with Crippen LogP contribution in [0.1, 0.15) is 55.4 Å². The Balaban J connectivity index is 1.39. The van der Waals surface area contributed by atoms with Crippen LogP contribution in [-0.4, -0.2) is 55.8 Å². The molecule has 1 aromatic heterocycles. The molecule has 170 valence electrons. The highest BCUT2D eigenvalue weighted by Gasteiger charge is 2.38. The second kappa shape index (κ2) is 10.2. The molecule has 0 radical (unpaired) electrons. The van der Waals surface area contributed by atoms with Gasteiger partial charge in [0.1, 0.15) is 6.04 Å². The molecule has 9 heteroatoms. The molecule has 0 bridgehead atoms. The van der Waals surface area contributed by atoms with Gasteiger partial charge in [0.25, 0.3) is 0 Å². The van der Waals surface area contributed by atoms with E-state index in [1.807, 2.05) is 19.1 Å². The molecular formula is C22H31N3O5S. The highest BCUT2D eigenvalue weighted by atomic mass is 32.2. The Kier molecular flexibility index (Phi) is 7.37. The van der Waals surface area contributed by atoms with Crippen LogP contribution in [0.3, 0.4) is 0 Å². The van der Waals surface area contributed by atoms with E-state index in [1.54, 1.807) is 12.1 Å². The number of hydrogen-bond donors (Lipinski definition) is 0. The number of piperidine rings is 1. The molecule has 8 nitrogen and oxygen atoms in total. The zero-order valence-electron chi connectivity index (χ0n) is 18.0. The van der Waals surface area contributed by atoms with Crippen LogP contribution in [-0.2, 0) is 25.9 Å². The van der Waals surface area contributed by atoms with E-state index in [2.05, 4.69) is 10.1 Å². The lowest BCUT2D eigenvalue weighted by Crippen LogP contribution is -2.38. The van der Waals surface area contributed by atoms with Crippen LogP contribution < -0.4 is 0 Å². The summed E-state index contributed by atoms with van der Waals surface area (Å²) in [5, 5.41) is 4.07. The van der Waals surface area contributed by atoms with E-state index in [4.69, 9.17) is 14.0 Å². The minimum Gasteiger partial charge on any atom is -0.381 e. The van der Waals surface area contributed by atoms with Crippen LogP contribution in [0.15, 0.2) is 33.7 Å². The predicted molar refractivity (Wildman–Crippen MR) is 114 cm³/mol. The number of ether oxygens (including phenoxy) is 2. The van der Waals surface area contributed by atoms with E-state index < -0.39 is 16.1 Å². The van der Waals surface area contributed by atoms with Gasteiger partial charge in [-0.1, -0.05) is 29.8 Å². The average molecular weight is 450 g/mol. The van der Waals surface area contributed by atoms with Crippen LogP contribution in [0.5, 0.6) is 0 Å². The van der Waals surface area contributed by atoms with Gasteiger partial charge in [-0.15, -0.1) is 0 Å². The molecule has 31 heavy (non-hydrogen) atoms. The van der Waals surface area contributed by atoms with Crippen molar-refractivity contribution in [2.75, 3.05) is 33.0 Å². The first kappa shape index (κ1) is 22.4. The minimum absolute atomic E-state index is 0.336. The highest BCUT2D eigenvalue weighted by molar-refractivity contribution is 7.89. The summed E-state index contributed by atoms with van der Waals surface area (Å²) in [5.41, 5.74) is 0.736. The van der Waals surface area contributed by atoms with E-state index in [1.165, 1.54) is 4.31 Å². The van der Waals surface area contributed by atoms with Gasteiger partial charge >= 0.3 is 0 Å². The molecule has 3 heterocycles. The Morgan fingerprint density at radius 2 is 1.97 bits per heavy atom. The van der Waals surface area contributed by atoms with Crippen molar-refractivity contribution in [3.05, 3.63) is 41.5 Å². The summed E-state index contributed by atoms with van der Waals surface area (Å²) in [4.78, 5) is 4.85. The van der Waals surface area contributed by atoms with Crippen molar-refractivity contribution in [1.82, 2.24) is 14.4 Å². The fraction of sp³-hybridized carbons (Fsp3) is 0.636. The molecule has 1 aromatic carbocycles. The van der Waals surface area contributed by atoms with Crippen molar-refractivity contribution in [3.63, 3.8) is 0 Å². The van der Waals surface area contributed by atoms with Crippen LogP contribution in [0.25, 0.3) is 0 Å². The van der Waals surface area contributed by atoms with Crippen molar-refractivity contribution in [2.45, 2.75) is 56.4 Å². The monoisotopic (exact) mass is 449 g/mol. The Labute approximate surface area is 184 Å². The third-order valence-corrected chi connectivity index (χ3v) is 8.14. The van der Waals surface area contributed by atoms with Gasteiger partial charge in [0.2, 0.25) is 15.9 Å². The quantitative estimate of drug-likeness (QED) is 0.571. The number of benzene rings is 1. The topological polar surface area (TPSA) is 94.8 Å². The SMILES string of the molecule is Cc1ccccc1S(=O)(=O)N1CCCCC1c1nc(CCOCC2CCOCC2)no1. The van der Waals surface area contributed by atoms with Gasteiger partial charge in [-0.2, -0.15) is 9.29 Å². The molecule has 2 aromatic rings. The number of hydrogen-bond acceptors (Lipinski definition) is 7. The first-order valence-electron chi connectivity index (χ1n) is 11.1. The average Bonchev–Trinajstić information content (AvgIpc) is 3.26. The lowest BCUT2D eigenvalue weighted by atomic mass is 10.0. The number of sulfonamides is 1. The van der Waals surface area contributed by atoms with E-state index >= 15 is 0 Å². The molecule has 0 N–H and O–H groups in total. The Morgan fingerprint density at radius 3 is 2.77 bits per heavy atom. The van der Waals surface area contributed by atoms with E-state index in [-0.39, 0.29) is 0 Å². The number of nitrogens with zero attached hydrogens (tertiary/aromatic N) is 3. The molecular weight excluding hydrogens is 418 g/mol. The third kappa shape index (κ3) is 5.34. The number of aryl methyl sites for hydroxylation is 1. The second-order valence-electron chi connectivity index (χ2n) is 8.32. The Bertz CT molecular complexity index is 956. The summed E-state index contributed by atoms with van der Waals surface area (Å²) in [6, 6.07) is 6.64. The Hall–Kier alpha value is -1.81. The van der Waals surface area contributed by atoms with Crippen molar-refractivity contribution in [1.29, 1.82) is 0 Å². The summed E-state index contributed by atoms with van der Waals surface area (Å²) >= 11 is 0. The molecule has 0 amide bonds. The van der Waals surface area contributed by atoms with Crippen LogP contribution in [0, 0.1) is 12.8 Å². The molecule has 1 atom stereocenters. The zero-order chi connectivity index (χ0) is 21.7. The molecule has 2 aliphatic rings. The maximum Gasteiger partial charge on any atom is 0.245 e. The zero-order valence-corrected chi connectivity index (χ0v) is 18.8. The second-order valence-corrected chi connectivity index (χ2v) is 10.2. The smallest absolute Gasteiger partial charge is 0.245 e. The van der Waals surface area contributed by atoms with Crippen LogP contribution >= 0.6 is 0 Å². The van der Waals surface area contributed by atoms with Gasteiger partial charge in [-0.3, -0.25) is 0 Å².